The molecule has 156 valence electrons. The topological polar surface area (TPSA) is 67.6 Å². The van der Waals surface area contributed by atoms with Crippen molar-refractivity contribution < 1.29 is 14.6 Å². The molecule has 4 rings (SSSR count). The number of aryl methyl sites for hydroxylation is 1. The number of hydrogen-bond donors (Lipinski definition) is 1. The van der Waals surface area contributed by atoms with E-state index in [0.717, 1.165) is 54.9 Å². The lowest BCUT2D eigenvalue weighted by Crippen LogP contribution is -2.39. The first kappa shape index (κ1) is 20.1. The number of amides is 1. The third kappa shape index (κ3) is 3.83. The summed E-state index contributed by atoms with van der Waals surface area (Å²) in [4.78, 5) is 15.4. The molecule has 0 unspecified atom stereocenters. The van der Waals surface area contributed by atoms with Gasteiger partial charge in [-0.1, -0.05) is 24.3 Å². The Morgan fingerprint density at radius 2 is 1.90 bits per heavy atom. The van der Waals surface area contributed by atoms with Crippen LogP contribution in [0.2, 0.25) is 0 Å². The number of fused-ring (bicyclic) bond motifs is 1. The maximum atomic E-state index is 13.4. The number of hydrogen-bond acceptors (Lipinski definition) is 4. The van der Waals surface area contributed by atoms with Gasteiger partial charge in [0.25, 0.3) is 5.91 Å². The van der Waals surface area contributed by atoms with Crippen LogP contribution in [0.3, 0.4) is 0 Å². The van der Waals surface area contributed by atoms with Crippen LogP contribution in [0, 0.1) is 0 Å². The molecule has 1 amide bonds. The first-order valence-corrected chi connectivity index (χ1v) is 10.8. The fourth-order valence-corrected chi connectivity index (χ4v) is 4.72. The summed E-state index contributed by atoms with van der Waals surface area (Å²) in [6.45, 7) is 8.39. The smallest absolute Gasteiger partial charge is 0.272 e. The second kappa shape index (κ2) is 8.28. The van der Waals surface area contributed by atoms with E-state index in [1.807, 2.05) is 35.6 Å². The molecule has 1 saturated heterocycles. The lowest BCUT2D eigenvalue weighted by atomic mass is 9.88. The average Bonchev–Trinajstić information content (AvgIpc) is 3.12. The predicted molar refractivity (Wildman–Crippen MR) is 111 cm³/mol. The number of benzene rings is 1. The predicted octanol–water partition coefficient (Wildman–Crippen LogP) is 3.44. The molecule has 1 aromatic heterocycles. The second-order valence-electron chi connectivity index (χ2n) is 8.29. The number of aliphatic hydroxyl groups is 1. The fraction of sp³-hybridized carbons (Fsp3) is 0.565. The van der Waals surface area contributed by atoms with Crippen molar-refractivity contribution in [3.8, 4) is 0 Å². The number of rotatable bonds is 4. The van der Waals surface area contributed by atoms with Crippen molar-refractivity contribution in [3.05, 3.63) is 52.3 Å². The molecule has 0 bridgehead atoms. The summed E-state index contributed by atoms with van der Waals surface area (Å²) in [5.74, 6) is 0.571. The monoisotopic (exact) mass is 397 g/mol. The number of carbonyl (C=O) groups excluding carboxylic acids is 1. The molecule has 6 heteroatoms. The Morgan fingerprint density at radius 1 is 1.21 bits per heavy atom. The van der Waals surface area contributed by atoms with Crippen LogP contribution < -0.4 is 0 Å². The Bertz CT molecular complexity index is 866. The summed E-state index contributed by atoms with van der Waals surface area (Å²) < 4.78 is 7.78. The van der Waals surface area contributed by atoms with Gasteiger partial charge in [-0.25, -0.2) is 0 Å². The number of ether oxygens (including phenoxy) is 1. The Labute approximate surface area is 172 Å². The van der Waals surface area contributed by atoms with E-state index in [0.29, 0.717) is 12.5 Å². The highest BCUT2D eigenvalue weighted by Crippen LogP contribution is 2.34. The molecule has 0 saturated carbocycles. The highest BCUT2D eigenvalue weighted by molar-refractivity contribution is 5.94. The van der Waals surface area contributed by atoms with Gasteiger partial charge in [0.15, 0.2) is 0 Å². The molecule has 6 nitrogen and oxygen atoms in total. The zero-order chi connectivity index (χ0) is 20.5. The van der Waals surface area contributed by atoms with Gasteiger partial charge in [-0.05, 0) is 50.7 Å². The van der Waals surface area contributed by atoms with Crippen LogP contribution in [-0.2, 0) is 24.3 Å². The number of likely N-dealkylation sites (tertiary alicyclic amines) is 1. The van der Waals surface area contributed by atoms with Gasteiger partial charge in [0.2, 0.25) is 0 Å². The summed E-state index contributed by atoms with van der Waals surface area (Å²) in [7, 11) is 0. The van der Waals surface area contributed by atoms with Crippen LogP contribution in [-0.4, -0.2) is 44.9 Å². The van der Waals surface area contributed by atoms with Crippen molar-refractivity contribution in [2.75, 3.05) is 13.1 Å². The third-order valence-electron chi connectivity index (χ3n) is 6.31. The number of aliphatic hydroxyl groups excluding tert-OH is 1. The molecule has 2 aliphatic rings. The first-order chi connectivity index (χ1) is 14.0. The minimum atomic E-state index is -0.0688. The van der Waals surface area contributed by atoms with Crippen molar-refractivity contribution in [1.82, 2.24) is 14.7 Å². The van der Waals surface area contributed by atoms with Crippen molar-refractivity contribution in [3.63, 3.8) is 0 Å². The fourth-order valence-electron chi connectivity index (χ4n) is 4.72. The normalized spacial score (nSPS) is 22.6. The zero-order valence-corrected chi connectivity index (χ0v) is 17.6. The van der Waals surface area contributed by atoms with E-state index in [-0.39, 0.29) is 24.7 Å². The van der Waals surface area contributed by atoms with Crippen LogP contribution in [0.15, 0.2) is 24.3 Å². The molecule has 2 atom stereocenters. The summed E-state index contributed by atoms with van der Waals surface area (Å²) in [5.41, 5.74) is 4.99. The molecule has 1 N–H and O–H groups in total. The molecule has 1 aromatic carbocycles. The zero-order valence-electron chi connectivity index (χ0n) is 17.6. The minimum absolute atomic E-state index is 0.0688. The Morgan fingerprint density at radius 3 is 2.52 bits per heavy atom. The highest BCUT2D eigenvalue weighted by Gasteiger charge is 2.34. The van der Waals surface area contributed by atoms with Gasteiger partial charge in [-0.3, -0.25) is 9.48 Å². The van der Waals surface area contributed by atoms with Crippen LogP contribution in [0.4, 0.5) is 0 Å². The Kier molecular flexibility index (Phi) is 5.74. The summed E-state index contributed by atoms with van der Waals surface area (Å²) >= 11 is 0. The molecule has 29 heavy (non-hydrogen) atoms. The van der Waals surface area contributed by atoms with E-state index >= 15 is 0 Å². The lowest BCUT2D eigenvalue weighted by molar-refractivity contribution is -0.00717. The van der Waals surface area contributed by atoms with Gasteiger partial charge in [0.1, 0.15) is 5.69 Å². The molecule has 0 spiro atoms. The highest BCUT2D eigenvalue weighted by atomic mass is 16.5. The van der Waals surface area contributed by atoms with Crippen molar-refractivity contribution in [1.29, 1.82) is 0 Å². The standard InChI is InChI=1S/C23H31N3O3/c1-4-26-22(20-13-15(2)29-16(3)21(20)24-26)23(28)25-11-9-19(10-12-25)18-7-5-17(14-27)6-8-18/h5-8,15-16,19,27H,4,9-14H2,1-3H3/t15-,16+/m0/s1. The molecule has 2 aliphatic heterocycles. The molecule has 0 aliphatic carbocycles. The average molecular weight is 398 g/mol. The SMILES string of the molecule is CCn1nc2c(c1C(=O)N1CCC(c3ccc(CO)cc3)CC1)C[C@H](C)O[C@@H]2C. The van der Waals surface area contributed by atoms with Gasteiger partial charge in [-0.2, -0.15) is 5.10 Å². The maximum Gasteiger partial charge on any atom is 0.272 e. The molecule has 0 radical (unpaired) electrons. The van der Waals surface area contributed by atoms with E-state index in [9.17, 15) is 9.90 Å². The largest absolute Gasteiger partial charge is 0.392 e. The number of carbonyl (C=O) groups is 1. The second-order valence-corrected chi connectivity index (χ2v) is 8.29. The number of aromatic nitrogens is 2. The van der Waals surface area contributed by atoms with Crippen LogP contribution >= 0.6 is 0 Å². The van der Waals surface area contributed by atoms with E-state index in [1.165, 1.54) is 5.56 Å². The maximum absolute atomic E-state index is 13.4. The summed E-state index contributed by atoms with van der Waals surface area (Å²) in [5, 5.41) is 13.9. The summed E-state index contributed by atoms with van der Waals surface area (Å²) in [6, 6.07) is 8.20. The Hall–Kier alpha value is -2.18. The van der Waals surface area contributed by atoms with Gasteiger partial charge >= 0.3 is 0 Å². The quantitative estimate of drug-likeness (QED) is 0.858. The van der Waals surface area contributed by atoms with Crippen molar-refractivity contribution >= 4 is 5.91 Å². The molecular weight excluding hydrogens is 366 g/mol. The molecular formula is C23H31N3O3. The molecule has 2 aromatic rings. The minimum Gasteiger partial charge on any atom is -0.392 e. The molecule has 1 fully saturated rings. The first-order valence-electron chi connectivity index (χ1n) is 10.8. The van der Waals surface area contributed by atoms with Crippen molar-refractivity contribution in [2.24, 2.45) is 0 Å². The van der Waals surface area contributed by atoms with Gasteiger partial charge < -0.3 is 14.7 Å². The third-order valence-corrected chi connectivity index (χ3v) is 6.31. The van der Waals surface area contributed by atoms with E-state index in [2.05, 4.69) is 19.1 Å². The van der Waals surface area contributed by atoms with Crippen LogP contribution in [0.5, 0.6) is 0 Å². The van der Waals surface area contributed by atoms with Gasteiger partial charge in [-0.15, -0.1) is 0 Å². The van der Waals surface area contributed by atoms with E-state index in [4.69, 9.17) is 9.84 Å². The lowest BCUT2D eigenvalue weighted by Gasteiger charge is -2.33. The van der Waals surface area contributed by atoms with Gasteiger partial charge in [0, 0.05) is 31.6 Å². The van der Waals surface area contributed by atoms with E-state index < -0.39 is 0 Å². The summed E-state index contributed by atoms with van der Waals surface area (Å²) in [6.07, 6.45) is 2.70. The Balaban J connectivity index is 1.50. The van der Waals surface area contributed by atoms with Gasteiger partial charge in [0.05, 0.1) is 24.5 Å². The number of piperidine rings is 1. The van der Waals surface area contributed by atoms with Crippen LogP contribution in [0.1, 0.15) is 78.5 Å². The van der Waals surface area contributed by atoms with E-state index in [1.54, 1.807) is 0 Å². The molecule has 3 heterocycles. The van der Waals surface area contributed by atoms with Crippen LogP contribution in [0.25, 0.3) is 0 Å². The van der Waals surface area contributed by atoms with Crippen molar-refractivity contribution in [2.45, 2.75) is 71.3 Å². The number of nitrogens with zero attached hydrogens (tertiary/aromatic N) is 3.